The SMILES string of the molecule is c1cc(Oc2ccc3ccc4c(ncc5oc6ccccc6c54)c3c2)cc(-c2cc3ccccc3cn2)c1. The summed E-state index contributed by atoms with van der Waals surface area (Å²) in [6.45, 7) is 0. The van der Waals surface area contributed by atoms with Crippen LogP contribution < -0.4 is 4.74 Å². The normalized spacial score (nSPS) is 11.7. The first-order chi connectivity index (χ1) is 18.8. The molecule has 0 aliphatic rings. The van der Waals surface area contributed by atoms with Crippen LogP contribution in [0.15, 0.2) is 126 Å². The van der Waals surface area contributed by atoms with Gasteiger partial charge >= 0.3 is 0 Å². The minimum Gasteiger partial charge on any atom is -0.457 e. The number of benzene rings is 5. The summed E-state index contributed by atoms with van der Waals surface area (Å²) in [6.07, 6.45) is 3.74. The predicted octanol–water partition coefficient (Wildman–Crippen LogP) is 9.29. The molecule has 0 aliphatic carbocycles. The van der Waals surface area contributed by atoms with Crippen LogP contribution in [-0.2, 0) is 0 Å². The summed E-state index contributed by atoms with van der Waals surface area (Å²) in [6, 6.07) is 37.0. The van der Waals surface area contributed by atoms with Gasteiger partial charge in [-0.2, -0.15) is 0 Å². The van der Waals surface area contributed by atoms with Gasteiger partial charge in [-0.15, -0.1) is 0 Å². The van der Waals surface area contributed by atoms with Gasteiger partial charge in [0.1, 0.15) is 17.1 Å². The van der Waals surface area contributed by atoms with Crippen LogP contribution in [0.25, 0.3) is 65.6 Å². The molecule has 0 aliphatic heterocycles. The second-order valence-corrected chi connectivity index (χ2v) is 9.49. The molecule has 3 heterocycles. The number of para-hydroxylation sites is 1. The Morgan fingerprint density at radius 2 is 1.37 bits per heavy atom. The number of hydrogen-bond donors (Lipinski definition) is 0. The second kappa shape index (κ2) is 8.15. The third-order valence-corrected chi connectivity index (χ3v) is 7.16. The molecule has 0 unspecified atom stereocenters. The van der Waals surface area contributed by atoms with Crippen LogP contribution in [0.5, 0.6) is 11.5 Å². The Bertz CT molecular complexity index is 2180. The van der Waals surface area contributed by atoms with E-state index in [0.717, 1.165) is 77.1 Å². The zero-order valence-corrected chi connectivity index (χ0v) is 20.3. The zero-order valence-electron chi connectivity index (χ0n) is 20.3. The number of hydrogen-bond acceptors (Lipinski definition) is 4. The number of pyridine rings is 2. The molecular formula is C34H20N2O2. The van der Waals surface area contributed by atoms with Crippen molar-refractivity contribution in [3.63, 3.8) is 0 Å². The van der Waals surface area contributed by atoms with Crippen molar-refractivity contribution in [1.29, 1.82) is 0 Å². The summed E-state index contributed by atoms with van der Waals surface area (Å²) >= 11 is 0. The molecule has 0 fully saturated rings. The van der Waals surface area contributed by atoms with Crippen molar-refractivity contribution in [2.24, 2.45) is 0 Å². The van der Waals surface area contributed by atoms with Crippen LogP contribution >= 0.6 is 0 Å². The van der Waals surface area contributed by atoms with Gasteiger partial charge in [-0.1, -0.05) is 72.8 Å². The van der Waals surface area contributed by atoms with Gasteiger partial charge < -0.3 is 9.15 Å². The molecule has 0 atom stereocenters. The molecule has 8 aromatic rings. The molecule has 3 aromatic heterocycles. The largest absolute Gasteiger partial charge is 0.457 e. The second-order valence-electron chi connectivity index (χ2n) is 9.49. The van der Waals surface area contributed by atoms with Crippen molar-refractivity contribution in [2.75, 3.05) is 0 Å². The van der Waals surface area contributed by atoms with E-state index in [1.165, 1.54) is 0 Å². The van der Waals surface area contributed by atoms with Crippen LogP contribution in [0.3, 0.4) is 0 Å². The average Bonchev–Trinajstić information content (AvgIpc) is 3.36. The quantitative estimate of drug-likeness (QED) is 0.233. The number of rotatable bonds is 3. The highest BCUT2D eigenvalue weighted by molar-refractivity contribution is 6.22. The van der Waals surface area contributed by atoms with Gasteiger partial charge in [0.15, 0.2) is 5.58 Å². The minimum absolute atomic E-state index is 0.757. The summed E-state index contributed by atoms with van der Waals surface area (Å²) < 4.78 is 12.4. The molecule has 38 heavy (non-hydrogen) atoms. The molecule has 0 saturated heterocycles. The lowest BCUT2D eigenvalue weighted by Crippen LogP contribution is -1.88. The number of fused-ring (bicyclic) bond motifs is 8. The van der Waals surface area contributed by atoms with Gasteiger partial charge in [-0.3, -0.25) is 9.97 Å². The van der Waals surface area contributed by atoms with Crippen LogP contribution in [0.1, 0.15) is 0 Å². The maximum Gasteiger partial charge on any atom is 0.154 e. The maximum atomic E-state index is 6.35. The fraction of sp³-hybridized carbons (Fsp3) is 0. The van der Waals surface area contributed by atoms with E-state index >= 15 is 0 Å². The summed E-state index contributed by atoms with van der Waals surface area (Å²) in [4.78, 5) is 9.47. The first kappa shape index (κ1) is 20.9. The summed E-state index contributed by atoms with van der Waals surface area (Å²) in [5, 5.41) is 7.70. The molecule has 0 saturated carbocycles. The minimum atomic E-state index is 0.757. The first-order valence-corrected chi connectivity index (χ1v) is 12.6. The van der Waals surface area contributed by atoms with E-state index in [0.29, 0.717) is 0 Å². The lowest BCUT2D eigenvalue weighted by molar-refractivity contribution is 0.483. The zero-order chi connectivity index (χ0) is 25.1. The average molecular weight is 489 g/mol. The monoisotopic (exact) mass is 488 g/mol. The number of ether oxygens (including phenoxy) is 1. The highest BCUT2D eigenvalue weighted by atomic mass is 16.5. The molecule has 0 spiro atoms. The van der Waals surface area contributed by atoms with Crippen LogP contribution in [0.4, 0.5) is 0 Å². The van der Waals surface area contributed by atoms with Crippen LogP contribution in [0.2, 0.25) is 0 Å². The lowest BCUT2D eigenvalue weighted by atomic mass is 10.0. The fourth-order valence-electron chi connectivity index (χ4n) is 5.34. The van der Waals surface area contributed by atoms with Gasteiger partial charge in [0.25, 0.3) is 0 Å². The van der Waals surface area contributed by atoms with Gasteiger partial charge in [-0.25, -0.2) is 0 Å². The molecule has 8 rings (SSSR count). The molecule has 0 bridgehead atoms. The topological polar surface area (TPSA) is 48.2 Å². The highest BCUT2D eigenvalue weighted by Crippen LogP contribution is 2.37. The van der Waals surface area contributed by atoms with E-state index in [2.05, 4.69) is 59.6 Å². The molecule has 0 amide bonds. The van der Waals surface area contributed by atoms with E-state index in [-0.39, 0.29) is 0 Å². The van der Waals surface area contributed by atoms with Gasteiger partial charge in [-0.05, 0) is 47.2 Å². The summed E-state index contributed by atoms with van der Waals surface area (Å²) in [5.41, 5.74) is 4.52. The molecule has 4 heteroatoms. The van der Waals surface area contributed by atoms with E-state index in [9.17, 15) is 0 Å². The Morgan fingerprint density at radius 1 is 0.526 bits per heavy atom. The fourth-order valence-corrected chi connectivity index (χ4v) is 5.34. The van der Waals surface area contributed by atoms with Crippen molar-refractivity contribution >= 4 is 54.4 Å². The summed E-state index contributed by atoms with van der Waals surface area (Å²) in [7, 11) is 0. The Hall–Kier alpha value is -5.22. The molecule has 178 valence electrons. The lowest BCUT2D eigenvalue weighted by Gasteiger charge is -2.10. The van der Waals surface area contributed by atoms with Gasteiger partial charge in [0, 0.05) is 38.7 Å². The van der Waals surface area contributed by atoms with Crippen molar-refractivity contribution in [1.82, 2.24) is 9.97 Å². The first-order valence-electron chi connectivity index (χ1n) is 12.6. The number of furan rings is 1. The third kappa shape index (κ3) is 3.31. The maximum absolute atomic E-state index is 6.35. The van der Waals surface area contributed by atoms with Gasteiger partial charge in [0.05, 0.1) is 17.4 Å². The number of nitrogens with zero attached hydrogens (tertiary/aromatic N) is 2. The molecule has 5 aromatic carbocycles. The standard InChI is InChI=1S/C34H20N2O2/c1-2-7-24-19-35-30(17-22(24)6-1)23-8-5-9-25(16-23)37-26-14-12-21-13-15-28-33-27-10-3-4-11-31(27)38-32(33)20-36-34(28)29(21)18-26/h1-20H. The Kier molecular flexibility index (Phi) is 4.49. The molecule has 0 radical (unpaired) electrons. The van der Waals surface area contributed by atoms with Crippen LogP contribution in [0, 0.1) is 0 Å². The smallest absolute Gasteiger partial charge is 0.154 e. The van der Waals surface area contributed by atoms with E-state index in [4.69, 9.17) is 14.1 Å². The van der Waals surface area contributed by atoms with Crippen molar-refractivity contribution in [3.8, 4) is 22.8 Å². The third-order valence-electron chi connectivity index (χ3n) is 7.16. The van der Waals surface area contributed by atoms with E-state index in [1.807, 2.05) is 67.0 Å². The van der Waals surface area contributed by atoms with Crippen molar-refractivity contribution in [2.45, 2.75) is 0 Å². The number of aromatic nitrogens is 2. The van der Waals surface area contributed by atoms with Gasteiger partial charge in [0.2, 0.25) is 0 Å². The molecule has 0 N–H and O–H groups in total. The highest BCUT2D eigenvalue weighted by Gasteiger charge is 2.13. The van der Waals surface area contributed by atoms with Crippen molar-refractivity contribution < 1.29 is 9.15 Å². The van der Waals surface area contributed by atoms with E-state index in [1.54, 1.807) is 0 Å². The Balaban J connectivity index is 1.21. The molecular weight excluding hydrogens is 468 g/mol. The Morgan fingerprint density at radius 3 is 2.34 bits per heavy atom. The van der Waals surface area contributed by atoms with Crippen molar-refractivity contribution in [3.05, 3.63) is 122 Å². The predicted molar refractivity (Wildman–Crippen MR) is 154 cm³/mol. The molecule has 4 nitrogen and oxygen atoms in total. The van der Waals surface area contributed by atoms with Crippen LogP contribution in [-0.4, -0.2) is 9.97 Å². The van der Waals surface area contributed by atoms with E-state index < -0.39 is 0 Å². The Labute approximate surface area is 217 Å². The summed E-state index contributed by atoms with van der Waals surface area (Å²) in [5.74, 6) is 1.51.